The summed E-state index contributed by atoms with van der Waals surface area (Å²) >= 11 is 0. The average molecular weight is 417 g/mol. The van der Waals surface area contributed by atoms with Crippen molar-refractivity contribution in [1.82, 2.24) is 15.1 Å². The van der Waals surface area contributed by atoms with E-state index in [2.05, 4.69) is 5.32 Å². The fourth-order valence-electron chi connectivity index (χ4n) is 3.86. The Morgan fingerprint density at radius 3 is 2.04 bits per heavy atom. The summed E-state index contributed by atoms with van der Waals surface area (Å²) in [5.41, 5.74) is 5.78. The second kappa shape index (κ2) is 12.3. The number of amides is 3. The molecule has 2 fully saturated rings. The van der Waals surface area contributed by atoms with Crippen molar-refractivity contribution >= 4 is 30.1 Å². The number of nitrogens with two attached hydrogens (primary N) is 1. The molecule has 1 heterocycles. The molecule has 2 aliphatic rings. The van der Waals surface area contributed by atoms with Crippen LogP contribution in [-0.4, -0.2) is 66.3 Å². The third-order valence-electron chi connectivity index (χ3n) is 5.91. The number of nitrogens with zero attached hydrogens (tertiary/aromatic N) is 2. The first kappa shape index (κ1) is 24.7. The highest BCUT2D eigenvalue weighted by Crippen LogP contribution is 2.27. The van der Waals surface area contributed by atoms with Crippen LogP contribution in [0, 0.1) is 11.8 Å². The minimum atomic E-state index is -0.601. The highest BCUT2D eigenvalue weighted by molar-refractivity contribution is 5.87. The first-order chi connectivity index (χ1) is 12.9. The number of carbonyl (C=O) groups excluding carboxylic acids is 3. The molecule has 0 radical (unpaired) electrons. The minimum absolute atomic E-state index is 0. The van der Waals surface area contributed by atoms with E-state index in [-0.39, 0.29) is 42.6 Å². The molecule has 0 aromatic carbocycles. The molecule has 1 atom stereocenters. The van der Waals surface area contributed by atoms with E-state index in [1.54, 1.807) is 4.90 Å². The molecule has 7 nitrogen and oxygen atoms in total. The van der Waals surface area contributed by atoms with Gasteiger partial charge in [-0.05, 0) is 18.3 Å². The molecule has 8 heteroatoms. The van der Waals surface area contributed by atoms with Crippen molar-refractivity contribution in [2.24, 2.45) is 17.6 Å². The van der Waals surface area contributed by atoms with Gasteiger partial charge in [0.15, 0.2) is 0 Å². The molecule has 28 heavy (non-hydrogen) atoms. The van der Waals surface area contributed by atoms with Crippen LogP contribution in [0.25, 0.3) is 0 Å². The molecule has 1 saturated heterocycles. The van der Waals surface area contributed by atoms with Crippen LogP contribution in [-0.2, 0) is 14.4 Å². The first-order valence-corrected chi connectivity index (χ1v) is 10.5. The van der Waals surface area contributed by atoms with Gasteiger partial charge in [0.1, 0.15) is 0 Å². The molecular weight excluding hydrogens is 380 g/mol. The van der Waals surface area contributed by atoms with Crippen molar-refractivity contribution in [3.05, 3.63) is 0 Å². The SMILES string of the molecule is CC(C)[C@H](N)C(=O)NCC(=O)N1CCN(C(=O)CCC2CCCCC2)CC1.Cl. The van der Waals surface area contributed by atoms with Gasteiger partial charge in [-0.25, -0.2) is 0 Å². The van der Waals surface area contributed by atoms with Gasteiger partial charge in [-0.15, -0.1) is 12.4 Å². The van der Waals surface area contributed by atoms with Crippen LogP contribution in [0.3, 0.4) is 0 Å². The summed E-state index contributed by atoms with van der Waals surface area (Å²) in [6.45, 7) is 5.92. The topological polar surface area (TPSA) is 95.7 Å². The lowest BCUT2D eigenvalue weighted by atomic mass is 9.86. The van der Waals surface area contributed by atoms with Crippen molar-refractivity contribution in [3.63, 3.8) is 0 Å². The molecule has 0 aromatic rings. The Bertz CT molecular complexity index is 516. The molecule has 1 saturated carbocycles. The number of rotatable bonds is 7. The van der Waals surface area contributed by atoms with Gasteiger partial charge in [-0.2, -0.15) is 0 Å². The van der Waals surface area contributed by atoms with E-state index < -0.39 is 6.04 Å². The predicted octanol–water partition coefficient (Wildman–Crippen LogP) is 1.54. The summed E-state index contributed by atoms with van der Waals surface area (Å²) in [5.74, 6) is 0.544. The van der Waals surface area contributed by atoms with Crippen molar-refractivity contribution < 1.29 is 14.4 Å². The maximum Gasteiger partial charge on any atom is 0.242 e. The monoisotopic (exact) mass is 416 g/mol. The quantitative estimate of drug-likeness (QED) is 0.657. The Morgan fingerprint density at radius 2 is 1.50 bits per heavy atom. The van der Waals surface area contributed by atoms with Gasteiger partial charge >= 0.3 is 0 Å². The summed E-state index contributed by atoms with van der Waals surface area (Å²) in [6.07, 6.45) is 8.10. The predicted molar refractivity (Wildman–Crippen MR) is 112 cm³/mol. The van der Waals surface area contributed by atoms with Crippen LogP contribution in [0.15, 0.2) is 0 Å². The number of hydrogen-bond donors (Lipinski definition) is 2. The smallest absolute Gasteiger partial charge is 0.242 e. The zero-order chi connectivity index (χ0) is 19.8. The fourth-order valence-corrected chi connectivity index (χ4v) is 3.86. The third kappa shape index (κ3) is 7.59. The Balaban J connectivity index is 0.00000392. The summed E-state index contributed by atoms with van der Waals surface area (Å²) in [5, 5.41) is 2.62. The fraction of sp³-hybridized carbons (Fsp3) is 0.850. The number of halogens is 1. The van der Waals surface area contributed by atoms with Crippen LogP contribution in [0.1, 0.15) is 58.8 Å². The zero-order valence-corrected chi connectivity index (χ0v) is 18.1. The van der Waals surface area contributed by atoms with Gasteiger partial charge in [0.25, 0.3) is 0 Å². The molecule has 162 valence electrons. The molecule has 1 aliphatic heterocycles. The largest absolute Gasteiger partial charge is 0.346 e. The van der Waals surface area contributed by atoms with E-state index in [1.807, 2.05) is 18.7 Å². The van der Waals surface area contributed by atoms with Crippen molar-refractivity contribution in [3.8, 4) is 0 Å². The molecule has 0 unspecified atom stereocenters. The highest BCUT2D eigenvalue weighted by atomic mass is 35.5. The normalized spacial score (nSPS) is 19.1. The lowest BCUT2D eigenvalue weighted by Crippen LogP contribution is -2.53. The van der Waals surface area contributed by atoms with E-state index in [9.17, 15) is 14.4 Å². The van der Waals surface area contributed by atoms with Crippen molar-refractivity contribution in [2.75, 3.05) is 32.7 Å². The molecule has 1 aliphatic carbocycles. The summed E-state index contributed by atoms with van der Waals surface area (Å²) in [6, 6.07) is -0.601. The standard InChI is InChI=1S/C20H36N4O3.ClH/c1-15(2)19(21)20(27)22-14-18(26)24-12-10-23(11-13-24)17(25)9-8-16-6-4-3-5-7-16;/h15-16,19H,3-14,21H2,1-2H3,(H,22,27);1H/t19-;/m0./s1. The number of carbonyl (C=O) groups is 3. The van der Waals surface area contributed by atoms with E-state index in [0.29, 0.717) is 38.5 Å². The lowest BCUT2D eigenvalue weighted by Gasteiger charge is -2.35. The van der Waals surface area contributed by atoms with Crippen molar-refractivity contribution in [1.29, 1.82) is 0 Å². The van der Waals surface area contributed by atoms with Crippen LogP contribution >= 0.6 is 12.4 Å². The second-order valence-electron chi connectivity index (χ2n) is 8.29. The zero-order valence-electron chi connectivity index (χ0n) is 17.3. The summed E-state index contributed by atoms with van der Waals surface area (Å²) in [4.78, 5) is 40.1. The second-order valence-corrected chi connectivity index (χ2v) is 8.29. The number of hydrogen-bond acceptors (Lipinski definition) is 4. The van der Waals surface area contributed by atoms with Crippen LogP contribution in [0.4, 0.5) is 0 Å². The molecule has 3 amide bonds. The number of nitrogens with one attached hydrogen (secondary N) is 1. The Hall–Kier alpha value is -1.34. The molecular formula is C20H37ClN4O3. The molecule has 0 aromatic heterocycles. The molecule has 0 spiro atoms. The van der Waals surface area contributed by atoms with Gasteiger partial charge in [-0.1, -0.05) is 46.0 Å². The Kier molecular flexibility index (Phi) is 10.8. The van der Waals surface area contributed by atoms with Gasteiger partial charge in [0, 0.05) is 32.6 Å². The first-order valence-electron chi connectivity index (χ1n) is 10.5. The van der Waals surface area contributed by atoms with Crippen molar-refractivity contribution in [2.45, 2.75) is 64.8 Å². The van der Waals surface area contributed by atoms with E-state index in [1.165, 1.54) is 32.1 Å². The van der Waals surface area contributed by atoms with E-state index in [0.717, 1.165) is 6.42 Å². The van der Waals surface area contributed by atoms with E-state index >= 15 is 0 Å². The van der Waals surface area contributed by atoms with E-state index in [4.69, 9.17) is 5.73 Å². The third-order valence-corrected chi connectivity index (χ3v) is 5.91. The maximum absolute atomic E-state index is 12.4. The molecule has 0 bridgehead atoms. The van der Waals surface area contributed by atoms with Gasteiger partial charge in [0.05, 0.1) is 12.6 Å². The lowest BCUT2D eigenvalue weighted by molar-refractivity contribution is -0.139. The average Bonchev–Trinajstić information content (AvgIpc) is 2.70. The minimum Gasteiger partial charge on any atom is -0.346 e. The molecule has 3 N–H and O–H groups in total. The summed E-state index contributed by atoms with van der Waals surface area (Å²) < 4.78 is 0. The van der Waals surface area contributed by atoms with Gasteiger partial charge in [-0.3, -0.25) is 14.4 Å². The summed E-state index contributed by atoms with van der Waals surface area (Å²) in [7, 11) is 0. The van der Waals surface area contributed by atoms with Crippen LogP contribution in [0.2, 0.25) is 0 Å². The molecule has 2 rings (SSSR count). The highest BCUT2D eigenvalue weighted by Gasteiger charge is 2.25. The Labute approximate surface area is 175 Å². The van der Waals surface area contributed by atoms with Crippen LogP contribution < -0.4 is 11.1 Å². The van der Waals surface area contributed by atoms with Crippen LogP contribution in [0.5, 0.6) is 0 Å². The number of piperazine rings is 1. The maximum atomic E-state index is 12.4. The van der Waals surface area contributed by atoms with Gasteiger partial charge in [0.2, 0.25) is 17.7 Å². The Morgan fingerprint density at radius 1 is 0.964 bits per heavy atom. The van der Waals surface area contributed by atoms with Gasteiger partial charge < -0.3 is 20.9 Å².